The van der Waals surface area contributed by atoms with Crippen LogP contribution in [0.2, 0.25) is 5.02 Å². The second kappa shape index (κ2) is 8.74. The third-order valence-electron chi connectivity index (χ3n) is 2.81. The van der Waals surface area contributed by atoms with E-state index in [1.165, 1.54) is 0 Å². The van der Waals surface area contributed by atoms with E-state index in [2.05, 4.69) is 24.5 Å². The van der Waals surface area contributed by atoms with Crippen molar-refractivity contribution in [2.24, 2.45) is 5.92 Å². The van der Waals surface area contributed by atoms with Gasteiger partial charge < -0.3 is 20.1 Å². The van der Waals surface area contributed by atoms with Gasteiger partial charge in [0.15, 0.2) is 18.1 Å². The minimum absolute atomic E-state index is 0.0638. The lowest BCUT2D eigenvalue weighted by Crippen LogP contribution is -2.25. The van der Waals surface area contributed by atoms with Crippen LogP contribution in [0.5, 0.6) is 11.5 Å². The van der Waals surface area contributed by atoms with Gasteiger partial charge in [0, 0.05) is 30.2 Å². The normalized spacial score (nSPS) is 10.6. The van der Waals surface area contributed by atoms with E-state index in [0.717, 1.165) is 12.1 Å². The van der Waals surface area contributed by atoms with Gasteiger partial charge >= 0.3 is 0 Å². The molecule has 21 heavy (non-hydrogen) atoms. The van der Waals surface area contributed by atoms with E-state index in [1.54, 1.807) is 20.2 Å². The summed E-state index contributed by atoms with van der Waals surface area (Å²) >= 11 is 6.09. The number of likely N-dealkylation sites (N-methyl/N-ethyl adjacent to an activating group) is 1. The summed E-state index contributed by atoms with van der Waals surface area (Å²) in [6, 6.07) is 3.49. The van der Waals surface area contributed by atoms with E-state index in [-0.39, 0.29) is 12.5 Å². The molecule has 0 bridgehead atoms. The van der Waals surface area contributed by atoms with E-state index in [9.17, 15) is 4.79 Å². The van der Waals surface area contributed by atoms with E-state index < -0.39 is 0 Å². The molecule has 1 aromatic rings. The van der Waals surface area contributed by atoms with Crippen molar-refractivity contribution in [1.29, 1.82) is 0 Å². The molecule has 2 N–H and O–H groups in total. The van der Waals surface area contributed by atoms with Crippen molar-refractivity contribution in [3.8, 4) is 11.5 Å². The molecule has 0 aliphatic heterocycles. The zero-order valence-corrected chi connectivity index (χ0v) is 13.7. The number of hydrogen-bond acceptors (Lipinski definition) is 4. The zero-order chi connectivity index (χ0) is 15.8. The fraction of sp³-hybridized carbons (Fsp3) is 0.533. The van der Waals surface area contributed by atoms with Crippen LogP contribution in [0.1, 0.15) is 19.4 Å². The average Bonchev–Trinajstić information content (AvgIpc) is 2.44. The van der Waals surface area contributed by atoms with Crippen molar-refractivity contribution in [1.82, 2.24) is 10.6 Å². The topological polar surface area (TPSA) is 59.6 Å². The standard InChI is InChI=1S/C15H23ClN2O3/c1-10(2)7-18-8-11-5-12(16)6-13(20-4)15(11)21-9-14(19)17-3/h5-6,10,18H,7-9H2,1-4H3,(H,17,19). The van der Waals surface area contributed by atoms with Crippen LogP contribution in [0.3, 0.4) is 0 Å². The molecule has 0 radical (unpaired) electrons. The Hall–Kier alpha value is -1.46. The maximum atomic E-state index is 11.3. The van der Waals surface area contributed by atoms with Crippen LogP contribution in [-0.4, -0.2) is 33.2 Å². The molecule has 0 unspecified atom stereocenters. The molecule has 0 heterocycles. The number of ether oxygens (including phenoxy) is 2. The molecule has 1 amide bonds. The molecule has 0 spiro atoms. The average molecular weight is 315 g/mol. The van der Waals surface area contributed by atoms with Gasteiger partial charge in [0.25, 0.3) is 5.91 Å². The number of nitrogens with one attached hydrogen (secondary N) is 2. The molecular weight excluding hydrogens is 292 g/mol. The summed E-state index contributed by atoms with van der Waals surface area (Å²) in [4.78, 5) is 11.3. The number of benzene rings is 1. The number of halogens is 1. The van der Waals surface area contributed by atoms with Gasteiger partial charge in [0.05, 0.1) is 7.11 Å². The van der Waals surface area contributed by atoms with Crippen LogP contribution in [0.25, 0.3) is 0 Å². The lowest BCUT2D eigenvalue weighted by Gasteiger charge is -2.16. The fourth-order valence-corrected chi connectivity index (χ4v) is 2.01. The predicted octanol–water partition coefficient (Wildman–Crippen LogP) is 2.22. The fourth-order valence-electron chi connectivity index (χ4n) is 1.77. The van der Waals surface area contributed by atoms with Crippen molar-refractivity contribution in [2.75, 3.05) is 27.3 Å². The summed E-state index contributed by atoms with van der Waals surface area (Å²) in [5, 5.41) is 6.41. The lowest BCUT2D eigenvalue weighted by molar-refractivity contribution is -0.122. The van der Waals surface area contributed by atoms with Crippen LogP contribution in [0.15, 0.2) is 12.1 Å². The highest BCUT2D eigenvalue weighted by molar-refractivity contribution is 6.30. The molecule has 0 fully saturated rings. The van der Waals surface area contributed by atoms with Crippen molar-refractivity contribution in [2.45, 2.75) is 20.4 Å². The predicted molar refractivity (Wildman–Crippen MR) is 84.1 cm³/mol. The molecule has 1 rings (SSSR count). The first-order chi connectivity index (χ1) is 9.97. The molecule has 0 aromatic heterocycles. The second-order valence-corrected chi connectivity index (χ2v) is 5.52. The van der Waals surface area contributed by atoms with Crippen LogP contribution < -0.4 is 20.1 Å². The SMILES string of the molecule is CNC(=O)COc1c(CNCC(C)C)cc(Cl)cc1OC. The van der Waals surface area contributed by atoms with Crippen LogP contribution in [0, 0.1) is 5.92 Å². The Morgan fingerprint density at radius 1 is 1.38 bits per heavy atom. The molecule has 6 heteroatoms. The number of carbonyl (C=O) groups is 1. The molecule has 5 nitrogen and oxygen atoms in total. The third kappa shape index (κ3) is 5.81. The Morgan fingerprint density at radius 3 is 2.67 bits per heavy atom. The van der Waals surface area contributed by atoms with Gasteiger partial charge in [-0.05, 0) is 18.5 Å². The smallest absolute Gasteiger partial charge is 0.257 e. The van der Waals surface area contributed by atoms with Crippen LogP contribution >= 0.6 is 11.6 Å². The maximum absolute atomic E-state index is 11.3. The molecule has 0 aliphatic rings. The monoisotopic (exact) mass is 314 g/mol. The minimum Gasteiger partial charge on any atom is -0.493 e. The molecule has 0 saturated heterocycles. The van der Waals surface area contributed by atoms with E-state index in [0.29, 0.717) is 29.0 Å². The summed E-state index contributed by atoms with van der Waals surface area (Å²) < 4.78 is 10.9. The highest BCUT2D eigenvalue weighted by Gasteiger charge is 2.14. The van der Waals surface area contributed by atoms with Gasteiger partial charge in [-0.2, -0.15) is 0 Å². The summed E-state index contributed by atoms with van der Waals surface area (Å²) in [5.41, 5.74) is 0.865. The van der Waals surface area contributed by atoms with Gasteiger partial charge in [-0.3, -0.25) is 4.79 Å². The first-order valence-electron chi connectivity index (χ1n) is 6.88. The van der Waals surface area contributed by atoms with E-state index in [1.807, 2.05) is 6.07 Å². The van der Waals surface area contributed by atoms with Gasteiger partial charge in [-0.1, -0.05) is 25.4 Å². The zero-order valence-electron chi connectivity index (χ0n) is 13.0. The quantitative estimate of drug-likeness (QED) is 0.772. The molecular formula is C15H23ClN2O3. The molecule has 1 aromatic carbocycles. The Labute approximate surface area is 131 Å². The Balaban J connectivity index is 2.91. The van der Waals surface area contributed by atoms with Crippen LogP contribution in [0.4, 0.5) is 0 Å². The van der Waals surface area contributed by atoms with Crippen molar-refractivity contribution in [3.05, 3.63) is 22.7 Å². The van der Waals surface area contributed by atoms with Crippen molar-refractivity contribution < 1.29 is 14.3 Å². The number of rotatable bonds is 8. The third-order valence-corrected chi connectivity index (χ3v) is 3.03. The van der Waals surface area contributed by atoms with E-state index >= 15 is 0 Å². The largest absolute Gasteiger partial charge is 0.493 e. The first-order valence-corrected chi connectivity index (χ1v) is 7.26. The summed E-state index contributed by atoms with van der Waals surface area (Å²) in [5.74, 6) is 1.41. The Kier molecular flexibility index (Phi) is 7.32. The summed E-state index contributed by atoms with van der Waals surface area (Å²) in [6.45, 7) is 5.68. The van der Waals surface area contributed by atoms with Crippen LogP contribution in [-0.2, 0) is 11.3 Å². The molecule has 118 valence electrons. The summed E-state index contributed by atoms with van der Waals surface area (Å²) in [7, 11) is 3.11. The van der Waals surface area contributed by atoms with Crippen molar-refractivity contribution >= 4 is 17.5 Å². The molecule has 0 atom stereocenters. The first kappa shape index (κ1) is 17.6. The maximum Gasteiger partial charge on any atom is 0.257 e. The number of carbonyl (C=O) groups excluding carboxylic acids is 1. The number of amides is 1. The Bertz CT molecular complexity index is 478. The number of hydrogen-bond donors (Lipinski definition) is 2. The lowest BCUT2D eigenvalue weighted by atomic mass is 10.1. The Morgan fingerprint density at radius 2 is 2.10 bits per heavy atom. The highest BCUT2D eigenvalue weighted by atomic mass is 35.5. The number of methoxy groups -OCH3 is 1. The van der Waals surface area contributed by atoms with Gasteiger partial charge in [0.2, 0.25) is 0 Å². The molecule has 0 saturated carbocycles. The molecule has 0 aliphatic carbocycles. The van der Waals surface area contributed by atoms with Crippen molar-refractivity contribution in [3.63, 3.8) is 0 Å². The second-order valence-electron chi connectivity index (χ2n) is 5.08. The van der Waals surface area contributed by atoms with Gasteiger partial charge in [0.1, 0.15) is 0 Å². The van der Waals surface area contributed by atoms with Gasteiger partial charge in [-0.15, -0.1) is 0 Å². The highest BCUT2D eigenvalue weighted by Crippen LogP contribution is 2.34. The minimum atomic E-state index is -0.201. The van der Waals surface area contributed by atoms with Gasteiger partial charge in [-0.25, -0.2) is 0 Å². The van der Waals surface area contributed by atoms with E-state index in [4.69, 9.17) is 21.1 Å². The summed E-state index contributed by atoms with van der Waals surface area (Å²) in [6.07, 6.45) is 0.